The van der Waals surface area contributed by atoms with E-state index in [-0.39, 0.29) is 16.3 Å². The minimum atomic E-state index is -4.68. The Labute approximate surface area is 176 Å². The summed E-state index contributed by atoms with van der Waals surface area (Å²) in [6.45, 7) is 2.53. The summed E-state index contributed by atoms with van der Waals surface area (Å²) in [5, 5.41) is -0.0860. The monoisotopic (exact) mass is 466 g/mol. The normalized spacial score (nSPS) is 17.9. The number of nitrogens with one attached hydrogen (secondary N) is 1. The highest BCUT2D eigenvalue weighted by molar-refractivity contribution is 7.92. The average Bonchev–Trinajstić information content (AvgIpc) is 3.01. The van der Waals surface area contributed by atoms with Crippen molar-refractivity contribution in [1.82, 2.24) is 4.90 Å². The molecule has 3 rings (SSSR count). The quantitative estimate of drug-likeness (QED) is 0.649. The lowest BCUT2D eigenvalue weighted by Gasteiger charge is -2.20. The van der Waals surface area contributed by atoms with Gasteiger partial charge in [-0.25, -0.2) is 12.8 Å². The largest absolute Gasteiger partial charge is 0.488 e. The Morgan fingerprint density at radius 1 is 1.23 bits per heavy atom. The van der Waals surface area contributed by atoms with E-state index in [2.05, 4.69) is 4.72 Å². The van der Waals surface area contributed by atoms with E-state index in [0.717, 1.165) is 30.3 Å². The van der Waals surface area contributed by atoms with Crippen LogP contribution in [-0.4, -0.2) is 39.6 Å². The molecule has 0 bridgehead atoms. The van der Waals surface area contributed by atoms with Crippen LogP contribution in [0.25, 0.3) is 0 Å². The number of alkyl halides is 3. The maximum Gasteiger partial charge on any atom is 0.419 e. The zero-order valence-electron chi connectivity index (χ0n) is 16.1. The SMILES string of the molecule is Cc1c(Cl)cc(F)cc1S(=O)(=O)Nc1ccc(C(F)(F)F)c(O[C@@H]2CCN(C)C2)c1. The van der Waals surface area contributed by atoms with Crippen molar-refractivity contribution < 1.29 is 30.7 Å². The summed E-state index contributed by atoms with van der Waals surface area (Å²) in [5.41, 5.74) is -1.04. The summed E-state index contributed by atoms with van der Waals surface area (Å²) in [4.78, 5) is 1.51. The van der Waals surface area contributed by atoms with E-state index in [0.29, 0.717) is 19.5 Å². The Morgan fingerprint density at radius 3 is 2.53 bits per heavy atom. The smallest absolute Gasteiger partial charge is 0.419 e. The number of ether oxygens (including phenoxy) is 1. The van der Waals surface area contributed by atoms with Crippen LogP contribution in [0.15, 0.2) is 35.2 Å². The van der Waals surface area contributed by atoms with E-state index in [1.54, 1.807) is 0 Å². The Bertz CT molecular complexity index is 1060. The molecule has 1 aliphatic rings. The molecule has 11 heteroatoms. The van der Waals surface area contributed by atoms with Crippen LogP contribution in [0.4, 0.5) is 23.2 Å². The first kappa shape index (κ1) is 22.6. The van der Waals surface area contributed by atoms with E-state index in [9.17, 15) is 26.0 Å². The zero-order chi connectivity index (χ0) is 22.3. The molecule has 30 heavy (non-hydrogen) atoms. The summed E-state index contributed by atoms with van der Waals surface area (Å²) in [5.74, 6) is -1.33. The second-order valence-corrected chi connectivity index (χ2v) is 9.17. The van der Waals surface area contributed by atoms with Gasteiger partial charge in [0, 0.05) is 24.2 Å². The van der Waals surface area contributed by atoms with Gasteiger partial charge in [-0.3, -0.25) is 4.72 Å². The third kappa shape index (κ3) is 4.98. The van der Waals surface area contributed by atoms with Crippen LogP contribution in [0.1, 0.15) is 17.5 Å². The molecule has 2 aromatic carbocycles. The van der Waals surface area contributed by atoms with Crippen LogP contribution in [-0.2, 0) is 16.2 Å². The van der Waals surface area contributed by atoms with Crippen molar-refractivity contribution in [3.8, 4) is 5.75 Å². The third-order valence-electron chi connectivity index (χ3n) is 4.73. The van der Waals surface area contributed by atoms with Crippen molar-refractivity contribution in [2.45, 2.75) is 30.5 Å². The first-order chi connectivity index (χ1) is 13.9. The highest BCUT2D eigenvalue weighted by Crippen LogP contribution is 2.39. The Morgan fingerprint density at radius 2 is 1.93 bits per heavy atom. The van der Waals surface area contributed by atoms with Gasteiger partial charge in [0.2, 0.25) is 0 Å². The van der Waals surface area contributed by atoms with Crippen LogP contribution in [0, 0.1) is 12.7 Å². The van der Waals surface area contributed by atoms with Gasteiger partial charge >= 0.3 is 6.18 Å². The number of likely N-dealkylation sites (tertiary alicyclic amines) is 1. The van der Waals surface area contributed by atoms with Gasteiger partial charge in [0.25, 0.3) is 10.0 Å². The number of hydrogen-bond donors (Lipinski definition) is 1. The number of anilines is 1. The summed E-state index contributed by atoms with van der Waals surface area (Å²) in [7, 11) is -2.49. The molecular weight excluding hydrogens is 448 g/mol. The predicted octanol–water partition coefficient (Wildman–Crippen LogP) is 4.69. The topological polar surface area (TPSA) is 58.6 Å². The maximum atomic E-state index is 13.7. The van der Waals surface area contributed by atoms with Crippen molar-refractivity contribution in [2.75, 3.05) is 24.9 Å². The Kier molecular flexibility index (Phi) is 6.22. The number of sulfonamides is 1. The number of hydrogen-bond acceptors (Lipinski definition) is 4. The number of nitrogens with zero attached hydrogens (tertiary/aromatic N) is 1. The Hall–Kier alpha value is -2.04. The van der Waals surface area contributed by atoms with Gasteiger partial charge in [-0.1, -0.05) is 11.6 Å². The van der Waals surface area contributed by atoms with Crippen LogP contribution < -0.4 is 9.46 Å². The molecular formula is C19H19ClF4N2O3S. The average molecular weight is 467 g/mol. The molecule has 0 aliphatic carbocycles. The number of likely N-dealkylation sites (N-methyl/N-ethyl adjacent to an activating group) is 1. The van der Waals surface area contributed by atoms with Crippen molar-refractivity contribution in [3.05, 3.63) is 52.3 Å². The van der Waals surface area contributed by atoms with Crippen molar-refractivity contribution in [3.63, 3.8) is 0 Å². The fourth-order valence-electron chi connectivity index (χ4n) is 3.20. The summed E-state index contributed by atoms with van der Waals surface area (Å²) >= 11 is 5.85. The van der Waals surface area contributed by atoms with Crippen LogP contribution in [0.5, 0.6) is 5.75 Å². The summed E-state index contributed by atoms with van der Waals surface area (Å²) in [6.07, 6.45) is -4.58. The number of halogens is 5. The fourth-order valence-corrected chi connectivity index (χ4v) is 4.79. The second-order valence-electron chi connectivity index (χ2n) is 7.12. The van der Waals surface area contributed by atoms with Gasteiger partial charge in [0.15, 0.2) is 0 Å². The first-order valence-corrected chi connectivity index (χ1v) is 10.8. The van der Waals surface area contributed by atoms with Gasteiger partial charge in [-0.15, -0.1) is 0 Å². The highest BCUT2D eigenvalue weighted by Gasteiger charge is 2.36. The minimum absolute atomic E-state index is 0.0860. The third-order valence-corrected chi connectivity index (χ3v) is 6.63. The molecule has 5 nitrogen and oxygen atoms in total. The van der Waals surface area contributed by atoms with Crippen LogP contribution in [0.2, 0.25) is 5.02 Å². The molecule has 0 aromatic heterocycles. The molecule has 2 aromatic rings. The van der Waals surface area contributed by atoms with E-state index >= 15 is 0 Å². The summed E-state index contributed by atoms with van der Waals surface area (Å²) < 4.78 is 87.0. The molecule has 0 unspecified atom stereocenters. The highest BCUT2D eigenvalue weighted by atomic mass is 35.5. The lowest BCUT2D eigenvalue weighted by Crippen LogP contribution is -2.23. The van der Waals surface area contributed by atoms with E-state index in [4.69, 9.17) is 16.3 Å². The standard InChI is InChI=1S/C19H19ClF4N2O3S/c1-11-16(20)7-12(21)8-18(11)30(27,28)25-13-3-4-15(19(22,23)24)17(9-13)29-14-5-6-26(2)10-14/h3-4,7-9,14,25H,5-6,10H2,1-2H3/t14-/m1/s1. The molecule has 1 atom stereocenters. The van der Waals surface area contributed by atoms with E-state index in [1.165, 1.54) is 6.92 Å². The molecule has 1 N–H and O–H groups in total. The molecule has 0 amide bonds. The van der Waals surface area contributed by atoms with Gasteiger partial charge < -0.3 is 9.64 Å². The first-order valence-electron chi connectivity index (χ1n) is 8.92. The molecule has 0 saturated carbocycles. The lowest BCUT2D eigenvalue weighted by atomic mass is 10.1. The van der Waals surface area contributed by atoms with Gasteiger partial charge in [0.05, 0.1) is 16.1 Å². The maximum absolute atomic E-state index is 13.7. The predicted molar refractivity (Wildman–Crippen MR) is 105 cm³/mol. The summed E-state index contributed by atoms with van der Waals surface area (Å²) in [6, 6.07) is 4.47. The fraction of sp³-hybridized carbons (Fsp3) is 0.368. The molecule has 0 radical (unpaired) electrons. The Balaban J connectivity index is 1.95. The zero-order valence-corrected chi connectivity index (χ0v) is 17.6. The van der Waals surface area contributed by atoms with Crippen molar-refractivity contribution >= 4 is 27.3 Å². The molecule has 1 aliphatic heterocycles. The molecule has 1 saturated heterocycles. The van der Waals surface area contributed by atoms with Gasteiger partial charge in [-0.05, 0) is 50.2 Å². The molecule has 0 spiro atoms. The second kappa shape index (κ2) is 8.24. The molecule has 1 heterocycles. The molecule has 164 valence electrons. The minimum Gasteiger partial charge on any atom is -0.488 e. The van der Waals surface area contributed by atoms with E-state index < -0.39 is 44.3 Å². The van der Waals surface area contributed by atoms with Gasteiger partial charge in [0.1, 0.15) is 17.7 Å². The van der Waals surface area contributed by atoms with Crippen LogP contribution >= 0.6 is 11.6 Å². The van der Waals surface area contributed by atoms with E-state index in [1.807, 2.05) is 11.9 Å². The van der Waals surface area contributed by atoms with Crippen LogP contribution in [0.3, 0.4) is 0 Å². The van der Waals surface area contributed by atoms with Crippen molar-refractivity contribution in [2.24, 2.45) is 0 Å². The lowest BCUT2D eigenvalue weighted by molar-refractivity contribution is -0.139. The van der Waals surface area contributed by atoms with Gasteiger partial charge in [-0.2, -0.15) is 13.2 Å². The van der Waals surface area contributed by atoms with Crippen molar-refractivity contribution in [1.29, 1.82) is 0 Å². The molecule has 1 fully saturated rings. The number of rotatable bonds is 5. The number of benzene rings is 2.